The number of aromatic nitrogens is 4. The molecule has 0 aliphatic carbocycles. The van der Waals surface area contributed by atoms with Crippen molar-refractivity contribution in [3.05, 3.63) is 41.9 Å². The number of aryl methyl sites for hydroxylation is 1. The Bertz CT molecular complexity index is 824. The molecule has 7 heteroatoms. The van der Waals surface area contributed by atoms with Gasteiger partial charge in [0.25, 0.3) is 0 Å². The van der Waals surface area contributed by atoms with Gasteiger partial charge in [0.2, 0.25) is 0 Å². The minimum absolute atomic E-state index is 0.105. The summed E-state index contributed by atoms with van der Waals surface area (Å²) in [4.78, 5) is 11.1. The van der Waals surface area contributed by atoms with Gasteiger partial charge in [-0.05, 0) is 24.6 Å². The number of ether oxygens (including phenoxy) is 1. The van der Waals surface area contributed by atoms with Gasteiger partial charge in [-0.1, -0.05) is 12.1 Å². The molecule has 0 fully saturated rings. The van der Waals surface area contributed by atoms with Crippen LogP contribution in [0.5, 0.6) is 5.75 Å². The van der Waals surface area contributed by atoms with Crippen LogP contribution in [0, 0.1) is 6.92 Å². The van der Waals surface area contributed by atoms with Gasteiger partial charge in [0, 0.05) is 5.56 Å². The zero-order valence-corrected chi connectivity index (χ0v) is 11.4. The Hall–Kier alpha value is -2.96. The Kier molecular flexibility index (Phi) is 3.02. The van der Waals surface area contributed by atoms with Crippen molar-refractivity contribution >= 4 is 11.6 Å². The van der Waals surface area contributed by atoms with Gasteiger partial charge in [0.05, 0.1) is 19.0 Å². The normalized spacial score (nSPS) is 10.8. The van der Waals surface area contributed by atoms with Crippen molar-refractivity contribution in [1.82, 2.24) is 19.8 Å². The van der Waals surface area contributed by atoms with E-state index in [1.807, 2.05) is 24.3 Å². The molecule has 21 heavy (non-hydrogen) atoms. The molecule has 1 aromatic carbocycles. The molecular weight excluding hydrogens is 272 g/mol. The minimum Gasteiger partial charge on any atom is -0.497 e. The molecule has 2 heterocycles. The lowest BCUT2D eigenvalue weighted by atomic mass is 10.1. The van der Waals surface area contributed by atoms with Crippen molar-refractivity contribution in [1.29, 1.82) is 0 Å². The summed E-state index contributed by atoms with van der Waals surface area (Å²) in [5.41, 5.74) is 2.54. The van der Waals surface area contributed by atoms with E-state index in [-0.39, 0.29) is 5.69 Å². The standard InChI is InChI=1S/C14H12N4O3/c1-8-12(14(19)20)16-17-13-11(7-15-18(8)13)9-3-5-10(21-2)6-4-9/h3-7H,1-2H3,(H,19,20). The monoisotopic (exact) mass is 284 g/mol. The second-order valence-corrected chi connectivity index (χ2v) is 4.46. The van der Waals surface area contributed by atoms with Crippen molar-refractivity contribution in [2.45, 2.75) is 6.92 Å². The average molecular weight is 284 g/mol. The molecule has 0 amide bonds. The number of benzene rings is 1. The molecule has 0 aliphatic heterocycles. The van der Waals surface area contributed by atoms with Gasteiger partial charge >= 0.3 is 5.97 Å². The number of fused-ring (bicyclic) bond motifs is 1. The van der Waals surface area contributed by atoms with Gasteiger partial charge in [0.15, 0.2) is 11.3 Å². The maximum Gasteiger partial charge on any atom is 0.358 e. The second-order valence-electron chi connectivity index (χ2n) is 4.46. The fourth-order valence-electron chi connectivity index (χ4n) is 2.13. The lowest BCUT2D eigenvalue weighted by Gasteiger charge is -2.03. The Balaban J connectivity index is 2.16. The van der Waals surface area contributed by atoms with Crippen LogP contribution in [0.3, 0.4) is 0 Å². The number of aromatic carboxylic acids is 1. The van der Waals surface area contributed by atoms with Crippen LogP contribution < -0.4 is 4.74 Å². The summed E-state index contributed by atoms with van der Waals surface area (Å²) in [6.07, 6.45) is 1.64. The van der Waals surface area contributed by atoms with Crippen LogP contribution in [0.2, 0.25) is 0 Å². The Morgan fingerprint density at radius 3 is 2.57 bits per heavy atom. The van der Waals surface area contributed by atoms with E-state index in [9.17, 15) is 4.79 Å². The average Bonchev–Trinajstić information content (AvgIpc) is 2.92. The zero-order chi connectivity index (χ0) is 15.0. The molecule has 3 aromatic rings. The van der Waals surface area contributed by atoms with E-state index in [4.69, 9.17) is 9.84 Å². The summed E-state index contributed by atoms with van der Waals surface area (Å²) >= 11 is 0. The molecule has 1 N–H and O–H groups in total. The van der Waals surface area contributed by atoms with Gasteiger partial charge in [-0.3, -0.25) is 0 Å². The summed E-state index contributed by atoms with van der Waals surface area (Å²) in [5, 5.41) is 21.0. The van der Waals surface area contributed by atoms with Crippen molar-refractivity contribution in [2.75, 3.05) is 7.11 Å². The summed E-state index contributed by atoms with van der Waals surface area (Å²) < 4.78 is 6.60. The van der Waals surface area contributed by atoms with E-state index in [1.165, 1.54) is 4.52 Å². The van der Waals surface area contributed by atoms with Crippen LogP contribution in [-0.2, 0) is 0 Å². The highest BCUT2D eigenvalue weighted by Crippen LogP contribution is 2.25. The third-order valence-corrected chi connectivity index (χ3v) is 3.25. The van der Waals surface area contributed by atoms with E-state index < -0.39 is 5.97 Å². The van der Waals surface area contributed by atoms with Crippen LogP contribution in [0.4, 0.5) is 0 Å². The highest BCUT2D eigenvalue weighted by Gasteiger charge is 2.17. The number of carbonyl (C=O) groups is 1. The molecule has 0 bridgehead atoms. The zero-order valence-electron chi connectivity index (χ0n) is 11.4. The smallest absolute Gasteiger partial charge is 0.358 e. The van der Waals surface area contributed by atoms with Crippen LogP contribution in [-0.4, -0.2) is 38.0 Å². The van der Waals surface area contributed by atoms with Crippen LogP contribution >= 0.6 is 0 Å². The largest absolute Gasteiger partial charge is 0.497 e. The molecule has 7 nitrogen and oxygen atoms in total. The van der Waals surface area contributed by atoms with Crippen molar-refractivity contribution in [3.63, 3.8) is 0 Å². The Morgan fingerprint density at radius 2 is 1.95 bits per heavy atom. The van der Waals surface area contributed by atoms with Gasteiger partial charge in [0.1, 0.15) is 5.75 Å². The van der Waals surface area contributed by atoms with Gasteiger partial charge < -0.3 is 9.84 Å². The number of methoxy groups -OCH3 is 1. The quantitative estimate of drug-likeness (QED) is 0.788. The van der Waals surface area contributed by atoms with E-state index >= 15 is 0 Å². The fraction of sp³-hybridized carbons (Fsp3) is 0.143. The number of hydrogen-bond acceptors (Lipinski definition) is 5. The number of nitrogens with zero attached hydrogens (tertiary/aromatic N) is 4. The van der Waals surface area contributed by atoms with E-state index in [2.05, 4.69) is 15.3 Å². The number of rotatable bonds is 3. The molecule has 0 atom stereocenters. The lowest BCUT2D eigenvalue weighted by Crippen LogP contribution is -2.10. The predicted molar refractivity (Wildman–Crippen MR) is 74.5 cm³/mol. The van der Waals surface area contributed by atoms with Gasteiger partial charge in [-0.25, -0.2) is 9.31 Å². The van der Waals surface area contributed by atoms with E-state index in [0.717, 1.165) is 16.9 Å². The summed E-state index contributed by atoms with van der Waals surface area (Å²) in [6.45, 7) is 1.65. The van der Waals surface area contributed by atoms with Crippen molar-refractivity contribution < 1.29 is 14.6 Å². The topological polar surface area (TPSA) is 89.6 Å². The van der Waals surface area contributed by atoms with Gasteiger partial charge in [-0.2, -0.15) is 5.10 Å². The summed E-state index contributed by atoms with van der Waals surface area (Å²) in [5.74, 6) is -0.367. The van der Waals surface area contributed by atoms with Crippen LogP contribution in [0.1, 0.15) is 16.2 Å². The highest BCUT2D eigenvalue weighted by molar-refractivity contribution is 5.87. The van der Waals surface area contributed by atoms with Crippen LogP contribution in [0.25, 0.3) is 16.8 Å². The lowest BCUT2D eigenvalue weighted by molar-refractivity contribution is 0.0687. The Morgan fingerprint density at radius 1 is 1.24 bits per heavy atom. The maximum atomic E-state index is 11.1. The molecule has 0 spiro atoms. The Labute approximate surface area is 119 Å². The molecule has 0 radical (unpaired) electrons. The first-order valence-electron chi connectivity index (χ1n) is 6.20. The molecule has 0 saturated carbocycles. The fourth-order valence-corrected chi connectivity index (χ4v) is 2.13. The maximum absolute atomic E-state index is 11.1. The molecule has 2 aromatic heterocycles. The first-order chi connectivity index (χ1) is 10.1. The number of carboxylic acids is 1. The molecule has 106 valence electrons. The van der Waals surface area contributed by atoms with E-state index in [1.54, 1.807) is 20.2 Å². The van der Waals surface area contributed by atoms with E-state index in [0.29, 0.717) is 11.3 Å². The molecule has 3 rings (SSSR count). The number of hydrogen-bond donors (Lipinski definition) is 1. The first-order valence-corrected chi connectivity index (χ1v) is 6.20. The molecule has 0 unspecified atom stereocenters. The number of carboxylic acid groups (broad SMARTS) is 1. The third kappa shape index (κ3) is 2.08. The predicted octanol–water partition coefficient (Wildman–Crippen LogP) is 1.81. The SMILES string of the molecule is COc1ccc(-c2cnn3c(C)c(C(=O)O)nnc23)cc1. The second kappa shape index (κ2) is 4.86. The van der Waals surface area contributed by atoms with Gasteiger partial charge in [-0.15, -0.1) is 10.2 Å². The summed E-state index contributed by atoms with van der Waals surface area (Å²) in [7, 11) is 1.60. The molecule has 0 saturated heterocycles. The third-order valence-electron chi connectivity index (χ3n) is 3.25. The highest BCUT2D eigenvalue weighted by atomic mass is 16.5. The van der Waals surface area contributed by atoms with Crippen molar-refractivity contribution in [3.8, 4) is 16.9 Å². The van der Waals surface area contributed by atoms with Crippen LogP contribution in [0.15, 0.2) is 30.5 Å². The summed E-state index contributed by atoms with van der Waals surface area (Å²) in [6, 6.07) is 7.45. The van der Waals surface area contributed by atoms with Crippen molar-refractivity contribution in [2.24, 2.45) is 0 Å². The molecular formula is C14H12N4O3. The first kappa shape index (κ1) is 13.0. The minimum atomic E-state index is -1.12. The molecule has 0 aliphatic rings.